The molecule has 5 atom stereocenters. The monoisotopic (exact) mass is 405 g/mol. The second-order valence-corrected chi connectivity index (χ2v) is 16.1. The fraction of sp³-hybridized carbons (Fsp3) is 1.00. The summed E-state index contributed by atoms with van der Waals surface area (Å²) in [4.78, 5) is 0. The summed E-state index contributed by atoms with van der Waals surface area (Å²) in [5.74, 6) is 0. The van der Waals surface area contributed by atoms with Crippen LogP contribution in [0.2, 0.25) is 18.1 Å². The molecule has 156 valence electrons. The van der Waals surface area contributed by atoms with E-state index in [0.29, 0.717) is 12.1 Å². The molecule has 0 aromatic rings. The van der Waals surface area contributed by atoms with Crippen molar-refractivity contribution in [1.29, 1.82) is 0 Å². The zero-order chi connectivity index (χ0) is 20.4. The molecule has 2 unspecified atom stereocenters. The number of hydrogen-bond acceptors (Lipinski definition) is 4. The molecular formula is C20H44NO3PSi. The van der Waals surface area contributed by atoms with Crippen molar-refractivity contribution < 1.29 is 13.7 Å². The summed E-state index contributed by atoms with van der Waals surface area (Å²) in [7, 11) is -2.58. The summed E-state index contributed by atoms with van der Waals surface area (Å²) < 4.78 is 22.2. The molecular weight excluding hydrogens is 361 g/mol. The Morgan fingerprint density at radius 3 is 1.96 bits per heavy atom. The Labute approximate surface area is 165 Å². The van der Waals surface area contributed by atoms with E-state index in [0.717, 1.165) is 6.42 Å². The van der Waals surface area contributed by atoms with Gasteiger partial charge in [-0.1, -0.05) is 27.7 Å². The molecule has 26 heavy (non-hydrogen) atoms. The van der Waals surface area contributed by atoms with E-state index in [4.69, 9.17) is 13.7 Å². The minimum absolute atomic E-state index is 0.0141. The van der Waals surface area contributed by atoms with Crippen molar-refractivity contribution >= 4 is 16.6 Å². The largest absolute Gasteiger partial charge is 0.409 e. The molecule has 1 aliphatic rings. The number of hydrogen-bond donors (Lipinski definition) is 0. The van der Waals surface area contributed by atoms with E-state index >= 15 is 0 Å². The van der Waals surface area contributed by atoms with Crippen molar-refractivity contribution in [2.45, 2.75) is 123 Å². The van der Waals surface area contributed by atoms with Gasteiger partial charge in [0, 0.05) is 12.1 Å². The third-order valence-electron chi connectivity index (χ3n) is 5.84. The highest BCUT2D eigenvalue weighted by molar-refractivity contribution is 7.49. The Morgan fingerprint density at radius 1 is 1.08 bits per heavy atom. The van der Waals surface area contributed by atoms with Crippen molar-refractivity contribution in [2.24, 2.45) is 0 Å². The second kappa shape index (κ2) is 9.32. The van der Waals surface area contributed by atoms with E-state index in [1.165, 1.54) is 0 Å². The molecule has 1 fully saturated rings. The molecule has 0 saturated carbocycles. The topological polar surface area (TPSA) is 30.9 Å². The lowest BCUT2D eigenvalue weighted by Crippen LogP contribution is -2.49. The summed E-state index contributed by atoms with van der Waals surface area (Å²) in [5, 5.41) is 0.181. The minimum atomic E-state index is -1.88. The molecule has 1 heterocycles. The van der Waals surface area contributed by atoms with Crippen molar-refractivity contribution in [3.05, 3.63) is 0 Å². The number of nitrogens with zero attached hydrogens (tertiary/aromatic N) is 1. The first-order valence-electron chi connectivity index (χ1n) is 10.2. The van der Waals surface area contributed by atoms with E-state index in [2.05, 4.69) is 86.7 Å². The maximum absolute atomic E-state index is 6.80. The van der Waals surface area contributed by atoms with Gasteiger partial charge in [0.05, 0.1) is 12.2 Å². The van der Waals surface area contributed by atoms with Crippen LogP contribution >= 0.6 is 8.30 Å². The van der Waals surface area contributed by atoms with Crippen molar-refractivity contribution in [3.8, 4) is 0 Å². The van der Waals surface area contributed by atoms with Crippen LogP contribution in [0.15, 0.2) is 0 Å². The van der Waals surface area contributed by atoms with Gasteiger partial charge < -0.3 is 13.7 Å². The van der Waals surface area contributed by atoms with Crippen LogP contribution < -0.4 is 0 Å². The van der Waals surface area contributed by atoms with Crippen LogP contribution in [0, 0.1) is 0 Å². The first-order chi connectivity index (χ1) is 11.7. The first kappa shape index (κ1) is 24.5. The Balaban J connectivity index is 3.02. The van der Waals surface area contributed by atoms with Gasteiger partial charge in [0.1, 0.15) is 20.5 Å². The smallest absolute Gasteiger partial charge is 0.192 e. The van der Waals surface area contributed by atoms with E-state index < -0.39 is 16.6 Å². The Kier molecular flexibility index (Phi) is 8.79. The summed E-state index contributed by atoms with van der Waals surface area (Å²) in [6.07, 6.45) is 1.19. The zero-order valence-corrected chi connectivity index (χ0v) is 21.2. The van der Waals surface area contributed by atoms with E-state index in [-0.39, 0.29) is 29.5 Å². The molecule has 6 heteroatoms. The Hall–Kier alpha value is 0.487. The number of ether oxygens (including phenoxy) is 1. The Morgan fingerprint density at radius 2 is 1.58 bits per heavy atom. The minimum Gasteiger partial charge on any atom is -0.409 e. The average Bonchev–Trinajstić information content (AvgIpc) is 2.73. The van der Waals surface area contributed by atoms with Gasteiger partial charge in [0.25, 0.3) is 0 Å². The van der Waals surface area contributed by atoms with Crippen LogP contribution in [0.4, 0.5) is 0 Å². The van der Waals surface area contributed by atoms with Crippen molar-refractivity contribution in [2.75, 3.05) is 6.66 Å². The Bertz CT molecular complexity index is 431. The van der Waals surface area contributed by atoms with Gasteiger partial charge in [-0.3, -0.25) is 4.67 Å². The molecule has 0 aliphatic carbocycles. The lowest BCUT2D eigenvalue weighted by molar-refractivity contribution is 0.0197. The quantitative estimate of drug-likeness (QED) is 0.365. The molecule has 0 aromatic heterocycles. The van der Waals surface area contributed by atoms with Crippen LogP contribution in [0.1, 0.15) is 68.7 Å². The maximum atomic E-state index is 6.80. The van der Waals surface area contributed by atoms with Gasteiger partial charge in [-0.15, -0.1) is 0 Å². The molecule has 0 radical (unpaired) electrons. The summed E-state index contributed by atoms with van der Waals surface area (Å²) in [6, 6.07) is 0.927. The second-order valence-electron chi connectivity index (χ2n) is 9.73. The predicted octanol–water partition coefficient (Wildman–Crippen LogP) is 6.02. The standard InChI is InChI=1S/C20H44NO3PSi/c1-13-17-19(23-25(10)21(14(2)3)15(4)5)18(16(6)22-17)24-26(11,12)20(7,8)9/h14-19H,13H2,1-12H3/t16-,17+,18?,19-,25?/m0/s1. The molecule has 0 N–H and O–H groups in total. The summed E-state index contributed by atoms with van der Waals surface area (Å²) >= 11 is 0. The molecule has 0 bridgehead atoms. The van der Waals surface area contributed by atoms with Crippen LogP contribution in [0.25, 0.3) is 0 Å². The normalized spacial score (nSPS) is 29.2. The van der Waals surface area contributed by atoms with Gasteiger partial charge in [0.15, 0.2) is 8.32 Å². The zero-order valence-electron chi connectivity index (χ0n) is 19.3. The SMILES string of the molecule is CC[C@H]1O[C@@H](C)C(O[Si](C)(C)C(C)(C)C)[C@H]1OP(C)N(C(C)C)C(C)C. The van der Waals surface area contributed by atoms with E-state index in [1.54, 1.807) is 0 Å². The van der Waals surface area contributed by atoms with Gasteiger partial charge in [-0.25, -0.2) is 0 Å². The molecule has 1 aliphatic heterocycles. The fourth-order valence-electron chi connectivity index (χ4n) is 3.52. The third-order valence-corrected chi connectivity index (χ3v) is 12.4. The molecule has 0 amide bonds. The summed E-state index contributed by atoms with van der Waals surface area (Å²) in [6.45, 7) is 27.1. The number of rotatable bonds is 8. The molecule has 1 rings (SSSR count). The molecule has 0 aromatic carbocycles. The highest BCUT2D eigenvalue weighted by Gasteiger charge is 2.49. The van der Waals surface area contributed by atoms with E-state index in [9.17, 15) is 0 Å². The van der Waals surface area contributed by atoms with Crippen LogP contribution in [-0.4, -0.2) is 56.2 Å². The molecule has 1 saturated heterocycles. The van der Waals surface area contributed by atoms with Gasteiger partial charge in [-0.2, -0.15) is 0 Å². The highest BCUT2D eigenvalue weighted by Crippen LogP contribution is 2.47. The molecule has 4 nitrogen and oxygen atoms in total. The van der Waals surface area contributed by atoms with Crippen molar-refractivity contribution in [1.82, 2.24) is 4.67 Å². The van der Waals surface area contributed by atoms with Gasteiger partial charge in [-0.05, 0) is 65.8 Å². The van der Waals surface area contributed by atoms with Gasteiger partial charge >= 0.3 is 0 Å². The fourth-order valence-corrected chi connectivity index (χ4v) is 6.90. The lowest BCUT2D eigenvalue weighted by Gasteiger charge is -2.42. The lowest BCUT2D eigenvalue weighted by atomic mass is 10.1. The summed E-state index contributed by atoms with van der Waals surface area (Å²) in [5.41, 5.74) is 0. The maximum Gasteiger partial charge on any atom is 0.192 e. The predicted molar refractivity (Wildman–Crippen MR) is 117 cm³/mol. The van der Waals surface area contributed by atoms with Crippen LogP contribution in [0.5, 0.6) is 0 Å². The van der Waals surface area contributed by atoms with Crippen LogP contribution in [0.3, 0.4) is 0 Å². The third kappa shape index (κ3) is 5.75. The first-order valence-corrected chi connectivity index (χ1v) is 14.8. The van der Waals surface area contributed by atoms with E-state index in [1.807, 2.05) is 0 Å². The van der Waals surface area contributed by atoms with Crippen LogP contribution in [-0.2, 0) is 13.7 Å². The van der Waals surface area contributed by atoms with Gasteiger partial charge in [0.2, 0.25) is 0 Å². The highest BCUT2D eigenvalue weighted by atomic mass is 31.2. The molecule has 0 spiro atoms. The average molecular weight is 406 g/mol. The van der Waals surface area contributed by atoms with Crippen molar-refractivity contribution in [3.63, 3.8) is 0 Å².